The topological polar surface area (TPSA) is 29.9 Å². The largest absolute Gasteiger partial charge is 0.329 e. The molecular weight excluding hydrogens is 248 g/mol. The van der Waals surface area contributed by atoms with Gasteiger partial charge in [0.25, 0.3) is 0 Å². The van der Waals surface area contributed by atoms with E-state index in [0.29, 0.717) is 25.2 Å². The number of halogens is 2. The smallest absolute Gasteiger partial charge is 0.159 e. The fourth-order valence-electron chi connectivity index (χ4n) is 1.77. The Balaban J connectivity index is 2.08. The van der Waals surface area contributed by atoms with Gasteiger partial charge in [0.1, 0.15) is 5.82 Å². The molecule has 0 bridgehead atoms. The third-order valence-electron chi connectivity index (χ3n) is 2.71. The molecule has 0 fully saturated rings. The zero-order chi connectivity index (χ0) is 13.7. The summed E-state index contributed by atoms with van der Waals surface area (Å²) in [7, 11) is 0. The van der Waals surface area contributed by atoms with Gasteiger partial charge in [0.15, 0.2) is 11.6 Å². The number of benzene rings is 1. The van der Waals surface area contributed by atoms with Crippen LogP contribution in [0.5, 0.6) is 0 Å². The summed E-state index contributed by atoms with van der Waals surface area (Å²) in [6.07, 6.45) is 5.26. The first kappa shape index (κ1) is 13.4. The number of nitrogens with one attached hydrogen (secondary N) is 1. The Labute approximate surface area is 110 Å². The summed E-state index contributed by atoms with van der Waals surface area (Å²) in [5.41, 5.74) is 0.696. The molecule has 2 aromatic rings. The molecule has 1 N–H and O–H groups in total. The summed E-state index contributed by atoms with van der Waals surface area (Å²) in [5, 5.41) is 3.15. The standard InChI is InChI=1S/C14H15F2N3/c1-2-5-17-9-14-18-6-7-19(14)10-11-3-4-12(15)13(16)8-11/h2-4,6-8,17H,1,5,9-10H2. The van der Waals surface area contributed by atoms with Crippen LogP contribution in [0.2, 0.25) is 0 Å². The summed E-state index contributed by atoms with van der Waals surface area (Å²) >= 11 is 0. The molecule has 19 heavy (non-hydrogen) atoms. The molecule has 0 unspecified atom stereocenters. The number of aromatic nitrogens is 2. The molecule has 0 saturated carbocycles. The van der Waals surface area contributed by atoms with Crippen molar-refractivity contribution in [1.29, 1.82) is 0 Å². The quantitative estimate of drug-likeness (QED) is 0.641. The van der Waals surface area contributed by atoms with Crippen molar-refractivity contribution in [2.45, 2.75) is 13.1 Å². The lowest BCUT2D eigenvalue weighted by atomic mass is 10.2. The van der Waals surface area contributed by atoms with Crippen LogP contribution in [0, 0.1) is 11.6 Å². The molecule has 0 amide bonds. The van der Waals surface area contributed by atoms with Gasteiger partial charge in [0, 0.05) is 25.5 Å². The summed E-state index contributed by atoms with van der Waals surface area (Å²) in [6, 6.07) is 3.91. The summed E-state index contributed by atoms with van der Waals surface area (Å²) in [4.78, 5) is 4.22. The van der Waals surface area contributed by atoms with Crippen LogP contribution in [0.4, 0.5) is 8.78 Å². The third-order valence-corrected chi connectivity index (χ3v) is 2.71. The van der Waals surface area contributed by atoms with Crippen LogP contribution in [0.1, 0.15) is 11.4 Å². The lowest BCUT2D eigenvalue weighted by Gasteiger charge is -2.08. The van der Waals surface area contributed by atoms with Crippen molar-refractivity contribution in [3.63, 3.8) is 0 Å². The minimum Gasteiger partial charge on any atom is -0.329 e. The van der Waals surface area contributed by atoms with Gasteiger partial charge in [-0.15, -0.1) is 6.58 Å². The Morgan fingerprint density at radius 3 is 2.89 bits per heavy atom. The van der Waals surface area contributed by atoms with Crippen LogP contribution in [-0.2, 0) is 13.1 Å². The van der Waals surface area contributed by atoms with Crippen LogP contribution in [0.25, 0.3) is 0 Å². The first-order chi connectivity index (χ1) is 9.20. The van der Waals surface area contributed by atoms with Crippen LogP contribution in [0.3, 0.4) is 0 Å². The molecule has 2 rings (SSSR count). The normalized spacial score (nSPS) is 10.6. The molecule has 0 spiro atoms. The van der Waals surface area contributed by atoms with E-state index in [1.54, 1.807) is 18.3 Å². The van der Waals surface area contributed by atoms with Crippen molar-refractivity contribution in [2.24, 2.45) is 0 Å². The molecule has 5 heteroatoms. The molecule has 1 heterocycles. The Hall–Kier alpha value is -2.01. The molecule has 0 saturated heterocycles. The average Bonchev–Trinajstić information content (AvgIpc) is 2.82. The van der Waals surface area contributed by atoms with Crippen molar-refractivity contribution < 1.29 is 8.78 Å². The minimum atomic E-state index is -0.831. The van der Waals surface area contributed by atoms with Gasteiger partial charge in [-0.1, -0.05) is 12.1 Å². The first-order valence-corrected chi connectivity index (χ1v) is 5.96. The Morgan fingerprint density at radius 1 is 1.32 bits per heavy atom. The third kappa shape index (κ3) is 3.48. The van der Waals surface area contributed by atoms with Gasteiger partial charge in [-0.05, 0) is 17.7 Å². The maximum Gasteiger partial charge on any atom is 0.159 e. The van der Waals surface area contributed by atoms with Gasteiger partial charge < -0.3 is 9.88 Å². The Bertz CT molecular complexity index is 564. The lowest BCUT2D eigenvalue weighted by Crippen LogP contribution is -2.17. The number of imidazole rings is 1. The highest BCUT2D eigenvalue weighted by Crippen LogP contribution is 2.11. The van der Waals surface area contributed by atoms with Gasteiger partial charge in [0.05, 0.1) is 6.54 Å². The lowest BCUT2D eigenvalue weighted by molar-refractivity contribution is 0.506. The number of rotatable bonds is 6. The predicted octanol–water partition coefficient (Wildman–Crippen LogP) is 2.49. The number of nitrogens with zero attached hydrogens (tertiary/aromatic N) is 2. The van der Waals surface area contributed by atoms with Crippen LogP contribution < -0.4 is 5.32 Å². The van der Waals surface area contributed by atoms with Gasteiger partial charge in [-0.2, -0.15) is 0 Å². The second-order valence-corrected chi connectivity index (χ2v) is 4.14. The fraction of sp³-hybridized carbons (Fsp3) is 0.214. The molecule has 1 aromatic heterocycles. The highest BCUT2D eigenvalue weighted by molar-refractivity contribution is 5.18. The number of hydrogen-bond donors (Lipinski definition) is 1. The van der Waals surface area contributed by atoms with E-state index in [9.17, 15) is 8.78 Å². The summed E-state index contributed by atoms with van der Waals surface area (Å²) < 4.78 is 27.9. The molecule has 0 aliphatic carbocycles. The molecule has 100 valence electrons. The van der Waals surface area contributed by atoms with E-state index >= 15 is 0 Å². The van der Waals surface area contributed by atoms with Gasteiger partial charge in [0.2, 0.25) is 0 Å². The molecule has 0 aliphatic rings. The van der Waals surface area contributed by atoms with E-state index in [0.717, 1.165) is 11.9 Å². The second kappa shape index (κ2) is 6.24. The van der Waals surface area contributed by atoms with E-state index in [1.807, 2.05) is 10.8 Å². The molecule has 0 atom stereocenters. The van der Waals surface area contributed by atoms with Crippen molar-refractivity contribution >= 4 is 0 Å². The molecule has 0 radical (unpaired) electrons. The van der Waals surface area contributed by atoms with E-state index < -0.39 is 11.6 Å². The Kier molecular flexibility index (Phi) is 4.41. The SMILES string of the molecule is C=CCNCc1nccn1Cc1ccc(F)c(F)c1. The molecule has 3 nitrogen and oxygen atoms in total. The first-order valence-electron chi connectivity index (χ1n) is 5.96. The van der Waals surface area contributed by atoms with Gasteiger partial charge >= 0.3 is 0 Å². The van der Waals surface area contributed by atoms with Crippen LogP contribution in [-0.4, -0.2) is 16.1 Å². The predicted molar refractivity (Wildman–Crippen MR) is 69.6 cm³/mol. The minimum absolute atomic E-state index is 0.461. The van der Waals surface area contributed by atoms with E-state index in [1.165, 1.54) is 6.07 Å². The van der Waals surface area contributed by atoms with E-state index in [4.69, 9.17) is 0 Å². The zero-order valence-corrected chi connectivity index (χ0v) is 10.4. The van der Waals surface area contributed by atoms with Gasteiger partial charge in [-0.25, -0.2) is 13.8 Å². The second-order valence-electron chi connectivity index (χ2n) is 4.14. The molecule has 0 aliphatic heterocycles. The number of hydrogen-bond acceptors (Lipinski definition) is 2. The maximum atomic E-state index is 13.1. The van der Waals surface area contributed by atoms with E-state index in [-0.39, 0.29) is 0 Å². The van der Waals surface area contributed by atoms with Crippen LogP contribution in [0.15, 0.2) is 43.2 Å². The van der Waals surface area contributed by atoms with Gasteiger partial charge in [-0.3, -0.25) is 0 Å². The van der Waals surface area contributed by atoms with Crippen molar-refractivity contribution in [3.05, 3.63) is 66.3 Å². The fourth-order valence-corrected chi connectivity index (χ4v) is 1.77. The van der Waals surface area contributed by atoms with Crippen molar-refractivity contribution in [3.8, 4) is 0 Å². The zero-order valence-electron chi connectivity index (χ0n) is 10.4. The highest BCUT2D eigenvalue weighted by atomic mass is 19.2. The highest BCUT2D eigenvalue weighted by Gasteiger charge is 2.06. The Morgan fingerprint density at radius 2 is 2.16 bits per heavy atom. The van der Waals surface area contributed by atoms with Crippen molar-refractivity contribution in [2.75, 3.05) is 6.54 Å². The van der Waals surface area contributed by atoms with E-state index in [2.05, 4.69) is 16.9 Å². The monoisotopic (exact) mass is 263 g/mol. The summed E-state index contributed by atoms with van der Waals surface area (Å²) in [5.74, 6) is -0.821. The summed E-state index contributed by atoms with van der Waals surface area (Å²) in [6.45, 7) is 5.37. The molecular formula is C14H15F2N3. The average molecular weight is 263 g/mol. The van der Waals surface area contributed by atoms with Crippen LogP contribution >= 0.6 is 0 Å². The maximum absolute atomic E-state index is 13.1. The molecule has 1 aromatic carbocycles. The van der Waals surface area contributed by atoms with Crippen molar-refractivity contribution in [1.82, 2.24) is 14.9 Å².